The molecule has 1 heterocycles. The molecule has 1 nitrogen and oxygen atoms in total. The molecule has 1 aromatic carbocycles. The van der Waals surface area contributed by atoms with Crippen molar-refractivity contribution in [2.24, 2.45) is 0 Å². The largest absolute Gasteiger partial charge is 0.294 e. The Kier molecular flexibility index (Phi) is 3.20. The van der Waals surface area contributed by atoms with Crippen LogP contribution in [-0.4, -0.2) is 5.78 Å². The van der Waals surface area contributed by atoms with Gasteiger partial charge in [-0.15, -0.1) is 11.3 Å². The van der Waals surface area contributed by atoms with Gasteiger partial charge in [-0.05, 0) is 31.5 Å². The van der Waals surface area contributed by atoms with E-state index in [4.69, 9.17) is 0 Å². The second-order valence-electron chi connectivity index (χ2n) is 3.99. The summed E-state index contributed by atoms with van der Waals surface area (Å²) < 4.78 is 0. The van der Waals surface area contributed by atoms with Gasteiger partial charge < -0.3 is 0 Å². The summed E-state index contributed by atoms with van der Waals surface area (Å²) in [6.07, 6.45) is 0.916. The lowest BCUT2D eigenvalue weighted by molar-refractivity contribution is 0.102. The molecule has 0 atom stereocenters. The minimum atomic E-state index is 0.153. The van der Waals surface area contributed by atoms with Crippen molar-refractivity contribution in [1.82, 2.24) is 0 Å². The molecule has 0 aliphatic carbocycles. The lowest BCUT2D eigenvalue weighted by Gasteiger charge is -1.99. The van der Waals surface area contributed by atoms with Gasteiger partial charge in [0.2, 0.25) is 0 Å². The molecule has 0 bridgehead atoms. The van der Waals surface area contributed by atoms with Crippen molar-refractivity contribution in [3.63, 3.8) is 0 Å². The lowest BCUT2D eigenvalue weighted by Crippen LogP contribution is -1.85. The van der Waals surface area contributed by atoms with Crippen molar-refractivity contribution in [3.05, 3.63) is 57.3 Å². The zero-order valence-corrected chi connectivity index (χ0v) is 10.3. The van der Waals surface area contributed by atoms with Crippen LogP contribution in [0.15, 0.2) is 36.4 Å². The number of carbonyl (C=O) groups excluding carboxylic acids is 1. The van der Waals surface area contributed by atoms with Crippen LogP contribution in [0.25, 0.3) is 0 Å². The van der Waals surface area contributed by atoms with E-state index in [1.165, 1.54) is 16.0 Å². The molecule has 82 valence electrons. The zero-order chi connectivity index (χ0) is 11.5. The Labute approximate surface area is 99.8 Å². The van der Waals surface area contributed by atoms with Crippen molar-refractivity contribution in [2.45, 2.75) is 20.3 Å². The highest BCUT2D eigenvalue weighted by molar-refractivity contribution is 7.14. The normalized spacial score (nSPS) is 10.4. The van der Waals surface area contributed by atoms with Crippen LogP contribution in [-0.2, 0) is 6.42 Å². The molecular formula is C14H14OS. The molecule has 1 aromatic heterocycles. The first-order valence-corrected chi connectivity index (χ1v) is 6.12. The van der Waals surface area contributed by atoms with E-state index in [9.17, 15) is 4.79 Å². The average molecular weight is 230 g/mol. The molecule has 2 heteroatoms. The average Bonchev–Trinajstić information content (AvgIpc) is 2.66. The number of thiophene rings is 1. The summed E-state index contributed by atoms with van der Waals surface area (Å²) in [7, 11) is 0. The van der Waals surface area contributed by atoms with E-state index >= 15 is 0 Å². The van der Waals surface area contributed by atoms with E-state index in [1.807, 2.05) is 12.1 Å². The van der Waals surface area contributed by atoms with E-state index in [0.717, 1.165) is 11.3 Å². The van der Waals surface area contributed by atoms with Gasteiger partial charge in [-0.25, -0.2) is 0 Å². The van der Waals surface area contributed by atoms with Crippen LogP contribution in [0.5, 0.6) is 0 Å². The third-order valence-corrected chi connectivity index (χ3v) is 3.66. The van der Waals surface area contributed by atoms with Gasteiger partial charge in [0, 0.05) is 11.3 Å². The van der Waals surface area contributed by atoms with Crippen LogP contribution in [0, 0.1) is 6.92 Å². The lowest BCUT2D eigenvalue weighted by atomic mass is 10.1. The first-order valence-electron chi connectivity index (χ1n) is 5.30. The summed E-state index contributed by atoms with van der Waals surface area (Å²) in [5.41, 5.74) is 2.58. The molecule has 0 N–H and O–H groups in total. The molecule has 0 aliphatic rings. The molecule has 0 fully saturated rings. The maximum Gasteiger partial charge on any atom is 0.169 e. The number of carbonyl (C=O) groups is 1. The quantitative estimate of drug-likeness (QED) is 0.732. The van der Waals surface area contributed by atoms with Crippen LogP contribution in [0.3, 0.4) is 0 Å². The Balaban J connectivity index is 2.17. The first-order chi connectivity index (χ1) is 7.65. The smallest absolute Gasteiger partial charge is 0.169 e. The molecule has 0 saturated carbocycles. The molecule has 0 unspecified atom stereocenters. The summed E-state index contributed by atoms with van der Waals surface area (Å²) in [6.45, 7) is 3.71. The van der Waals surface area contributed by atoms with Crippen LogP contribution in [0.2, 0.25) is 0 Å². The van der Waals surface area contributed by atoms with Crippen LogP contribution >= 0.6 is 11.3 Å². The van der Waals surface area contributed by atoms with Crippen LogP contribution < -0.4 is 0 Å². The summed E-state index contributed by atoms with van der Waals surface area (Å²) in [6, 6.07) is 12.4. The van der Waals surface area contributed by atoms with Gasteiger partial charge in [0.1, 0.15) is 0 Å². The maximum atomic E-state index is 11.2. The molecule has 0 aliphatic heterocycles. The number of rotatable bonds is 3. The van der Waals surface area contributed by atoms with Crippen molar-refractivity contribution < 1.29 is 4.79 Å². The van der Waals surface area contributed by atoms with Gasteiger partial charge in [-0.1, -0.05) is 29.8 Å². The van der Waals surface area contributed by atoms with E-state index in [1.54, 1.807) is 18.3 Å². The molecule has 0 amide bonds. The van der Waals surface area contributed by atoms with Gasteiger partial charge in [-0.2, -0.15) is 0 Å². The summed E-state index contributed by atoms with van der Waals surface area (Å²) in [5, 5.41) is 0. The summed E-state index contributed by atoms with van der Waals surface area (Å²) in [5.74, 6) is 0.153. The predicted octanol–water partition coefficient (Wildman–Crippen LogP) is 3.85. The van der Waals surface area contributed by atoms with Crippen LogP contribution in [0.1, 0.15) is 32.6 Å². The topological polar surface area (TPSA) is 17.1 Å². The highest BCUT2D eigenvalue weighted by atomic mass is 32.1. The molecule has 2 aromatic rings. The molecule has 0 saturated heterocycles. The Morgan fingerprint density at radius 2 is 2.06 bits per heavy atom. The number of Topliss-reactive ketones (excluding diaryl/α,β-unsaturated/α-hetero) is 1. The highest BCUT2D eigenvalue weighted by Crippen LogP contribution is 2.20. The minimum Gasteiger partial charge on any atom is -0.294 e. The second-order valence-corrected chi connectivity index (χ2v) is 5.16. The van der Waals surface area contributed by atoms with Crippen molar-refractivity contribution in [3.8, 4) is 0 Å². The van der Waals surface area contributed by atoms with Crippen molar-refractivity contribution in [2.75, 3.05) is 0 Å². The third-order valence-electron chi connectivity index (χ3n) is 2.47. The number of benzene rings is 1. The van der Waals surface area contributed by atoms with Crippen LogP contribution in [0.4, 0.5) is 0 Å². The fourth-order valence-corrected chi connectivity index (χ4v) is 2.62. The maximum absolute atomic E-state index is 11.2. The van der Waals surface area contributed by atoms with E-state index < -0.39 is 0 Å². The number of hydrogen-bond donors (Lipinski definition) is 0. The van der Waals surface area contributed by atoms with Crippen molar-refractivity contribution in [1.29, 1.82) is 0 Å². The summed E-state index contributed by atoms with van der Waals surface area (Å²) in [4.78, 5) is 13.3. The highest BCUT2D eigenvalue weighted by Gasteiger charge is 2.04. The van der Waals surface area contributed by atoms with E-state index in [0.29, 0.717) is 0 Å². The number of aryl methyl sites for hydroxylation is 1. The fraction of sp³-hybridized carbons (Fsp3) is 0.214. The van der Waals surface area contributed by atoms with Gasteiger partial charge in [-0.3, -0.25) is 4.79 Å². The SMILES string of the molecule is CC(=O)c1ccc(Cc2cccc(C)c2)s1. The van der Waals surface area contributed by atoms with E-state index in [-0.39, 0.29) is 5.78 Å². The van der Waals surface area contributed by atoms with Crippen molar-refractivity contribution >= 4 is 17.1 Å². The first kappa shape index (κ1) is 11.1. The Hall–Kier alpha value is -1.41. The summed E-state index contributed by atoms with van der Waals surface area (Å²) >= 11 is 1.59. The number of ketones is 1. The molecule has 2 rings (SSSR count). The van der Waals surface area contributed by atoms with Gasteiger partial charge in [0.05, 0.1) is 4.88 Å². The molecular weight excluding hydrogens is 216 g/mol. The van der Waals surface area contributed by atoms with Gasteiger partial charge in [0.15, 0.2) is 5.78 Å². The predicted molar refractivity (Wildman–Crippen MR) is 68.3 cm³/mol. The Bertz CT molecular complexity index is 511. The second kappa shape index (κ2) is 4.62. The molecule has 16 heavy (non-hydrogen) atoms. The standard InChI is InChI=1S/C14H14OS/c1-10-4-3-5-12(8-10)9-13-6-7-14(16-13)11(2)15/h3-8H,9H2,1-2H3. The fourth-order valence-electron chi connectivity index (χ4n) is 1.69. The monoisotopic (exact) mass is 230 g/mol. The molecule has 0 radical (unpaired) electrons. The van der Waals surface area contributed by atoms with Gasteiger partial charge >= 0.3 is 0 Å². The Morgan fingerprint density at radius 3 is 2.69 bits per heavy atom. The zero-order valence-electron chi connectivity index (χ0n) is 9.49. The third kappa shape index (κ3) is 2.58. The van der Waals surface area contributed by atoms with Gasteiger partial charge in [0.25, 0.3) is 0 Å². The minimum absolute atomic E-state index is 0.153. The molecule has 0 spiro atoms. The number of hydrogen-bond acceptors (Lipinski definition) is 2. The van der Waals surface area contributed by atoms with E-state index in [2.05, 4.69) is 31.2 Å². The Morgan fingerprint density at radius 1 is 1.25 bits per heavy atom.